The van der Waals surface area contributed by atoms with Gasteiger partial charge in [0.05, 0.1) is 24.2 Å². The summed E-state index contributed by atoms with van der Waals surface area (Å²) < 4.78 is 20.8. The maximum Gasteiger partial charge on any atom is 0.224 e. The quantitative estimate of drug-likeness (QED) is 0.371. The fraction of sp³-hybridized carbons (Fsp3) is 0.174. The van der Waals surface area contributed by atoms with E-state index in [1.807, 2.05) is 55.5 Å². The number of para-hydroxylation sites is 2. The standard InChI is InChI=1S/C23H25N3O3S/c1-16-7-13-19(15-22(16)29-2)30(28)26-18-11-8-17(9-12-18)10-14-23(27)25-21-6-4-3-5-20(21)24/h3-9,11-13,15,26H,10,14,24H2,1-2H3,(H,25,27). The van der Waals surface area contributed by atoms with Gasteiger partial charge in [0.1, 0.15) is 17.1 Å². The molecule has 3 aromatic carbocycles. The van der Waals surface area contributed by atoms with Crippen molar-refractivity contribution in [3.8, 4) is 5.75 Å². The minimum Gasteiger partial charge on any atom is -0.588 e. The molecule has 30 heavy (non-hydrogen) atoms. The van der Waals surface area contributed by atoms with Gasteiger partial charge < -0.3 is 20.3 Å². The van der Waals surface area contributed by atoms with Crippen molar-refractivity contribution >= 4 is 34.3 Å². The van der Waals surface area contributed by atoms with Crippen molar-refractivity contribution in [2.75, 3.05) is 22.9 Å². The minimum atomic E-state index is -1.40. The largest absolute Gasteiger partial charge is 0.588 e. The molecule has 7 heteroatoms. The molecule has 0 saturated heterocycles. The lowest BCUT2D eigenvalue weighted by molar-refractivity contribution is -0.116. The van der Waals surface area contributed by atoms with Gasteiger partial charge in [-0.15, -0.1) is 0 Å². The Bertz CT molecular complexity index is 1010. The zero-order valence-electron chi connectivity index (χ0n) is 17.0. The number of nitrogens with one attached hydrogen (secondary N) is 2. The van der Waals surface area contributed by atoms with Gasteiger partial charge in [0.25, 0.3) is 0 Å². The average molecular weight is 424 g/mol. The predicted octanol–water partition coefficient (Wildman–Crippen LogP) is 4.29. The van der Waals surface area contributed by atoms with Gasteiger partial charge in [-0.1, -0.05) is 30.3 Å². The molecule has 156 valence electrons. The number of carbonyl (C=O) groups is 1. The molecular formula is C23H25N3O3S. The number of methoxy groups -OCH3 is 1. The number of anilines is 3. The number of ether oxygens (including phenoxy) is 1. The molecule has 6 nitrogen and oxygen atoms in total. The van der Waals surface area contributed by atoms with Gasteiger partial charge in [0, 0.05) is 12.5 Å². The zero-order chi connectivity index (χ0) is 21.5. The SMILES string of the molecule is COc1cc([S+]([O-])Nc2ccc(CCC(=O)Nc3ccccc3N)cc2)ccc1C. The summed E-state index contributed by atoms with van der Waals surface area (Å²) in [5.41, 5.74) is 9.74. The van der Waals surface area contributed by atoms with Gasteiger partial charge in [-0.3, -0.25) is 4.79 Å². The molecule has 0 aliphatic rings. The van der Waals surface area contributed by atoms with Crippen LogP contribution in [0.4, 0.5) is 17.1 Å². The van der Waals surface area contributed by atoms with E-state index in [1.54, 1.807) is 25.3 Å². The van der Waals surface area contributed by atoms with Crippen LogP contribution in [0.2, 0.25) is 0 Å². The lowest BCUT2D eigenvalue weighted by atomic mass is 10.1. The molecule has 1 amide bonds. The number of nitrogens with two attached hydrogens (primary N) is 1. The molecule has 0 fully saturated rings. The molecule has 0 aliphatic heterocycles. The summed E-state index contributed by atoms with van der Waals surface area (Å²) in [6.07, 6.45) is 0.938. The van der Waals surface area contributed by atoms with Crippen LogP contribution in [-0.4, -0.2) is 17.6 Å². The third-order valence-corrected chi connectivity index (χ3v) is 5.74. The Morgan fingerprint density at radius 3 is 2.53 bits per heavy atom. The Balaban J connectivity index is 1.53. The third-order valence-electron chi connectivity index (χ3n) is 4.63. The van der Waals surface area contributed by atoms with Crippen LogP contribution in [0, 0.1) is 6.92 Å². The van der Waals surface area contributed by atoms with Crippen LogP contribution in [0.1, 0.15) is 17.5 Å². The highest BCUT2D eigenvalue weighted by Gasteiger charge is 2.14. The van der Waals surface area contributed by atoms with E-state index in [1.165, 1.54) is 0 Å². The molecule has 0 bridgehead atoms. The first-order valence-corrected chi connectivity index (χ1v) is 10.7. The molecule has 0 saturated carbocycles. The van der Waals surface area contributed by atoms with Gasteiger partial charge in [0.2, 0.25) is 5.91 Å². The van der Waals surface area contributed by atoms with E-state index in [2.05, 4.69) is 10.0 Å². The Hall–Kier alpha value is -3.16. The first-order valence-electron chi connectivity index (χ1n) is 9.52. The maximum atomic E-state index is 12.6. The normalized spacial score (nSPS) is 11.6. The van der Waals surface area contributed by atoms with Crippen molar-refractivity contribution in [2.24, 2.45) is 0 Å². The molecule has 3 rings (SSSR count). The summed E-state index contributed by atoms with van der Waals surface area (Å²) in [5, 5.41) is 2.82. The minimum absolute atomic E-state index is 0.0930. The highest BCUT2D eigenvalue weighted by molar-refractivity contribution is 7.92. The number of aryl methyl sites for hydroxylation is 2. The van der Waals surface area contributed by atoms with Crippen molar-refractivity contribution in [1.82, 2.24) is 0 Å². The highest BCUT2D eigenvalue weighted by Crippen LogP contribution is 2.24. The van der Waals surface area contributed by atoms with Crippen LogP contribution in [0.15, 0.2) is 71.6 Å². The topological polar surface area (TPSA) is 99.4 Å². The Morgan fingerprint density at radius 2 is 1.83 bits per heavy atom. The number of hydrogen-bond acceptors (Lipinski definition) is 5. The average Bonchev–Trinajstić information content (AvgIpc) is 2.75. The molecule has 0 radical (unpaired) electrons. The van der Waals surface area contributed by atoms with Crippen LogP contribution >= 0.6 is 0 Å². The van der Waals surface area contributed by atoms with Crippen LogP contribution in [0.3, 0.4) is 0 Å². The Morgan fingerprint density at radius 1 is 1.10 bits per heavy atom. The zero-order valence-corrected chi connectivity index (χ0v) is 17.8. The summed E-state index contributed by atoms with van der Waals surface area (Å²) in [4.78, 5) is 12.8. The fourth-order valence-corrected chi connectivity index (χ4v) is 3.78. The van der Waals surface area contributed by atoms with Crippen LogP contribution in [0.25, 0.3) is 0 Å². The fourth-order valence-electron chi connectivity index (χ4n) is 2.90. The van der Waals surface area contributed by atoms with Gasteiger partial charge in [-0.05, 0) is 54.8 Å². The van der Waals surface area contributed by atoms with Crippen molar-refractivity contribution in [2.45, 2.75) is 24.7 Å². The molecular weight excluding hydrogens is 398 g/mol. The first-order chi connectivity index (χ1) is 14.5. The monoisotopic (exact) mass is 423 g/mol. The molecule has 0 spiro atoms. The first kappa shape index (κ1) is 21.5. The van der Waals surface area contributed by atoms with Gasteiger partial charge in [0.15, 0.2) is 4.90 Å². The summed E-state index contributed by atoms with van der Waals surface area (Å²) in [5.74, 6) is 0.609. The molecule has 1 unspecified atom stereocenters. The summed E-state index contributed by atoms with van der Waals surface area (Å²) in [6, 6.07) is 20.2. The van der Waals surface area contributed by atoms with Crippen molar-refractivity contribution in [1.29, 1.82) is 0 Å². The second-order valence-electron chi connectivity index (χ2n) is 6.83. The van der Waals surface area contributed by atoms with Crippen LogP contribution in [0.5, 0.6) is 5.75 Å². The number of rotatable bonds is 8. The van der Waals surface area contributed by atoms with E-state index >= 15 is 0 Å². The van der Waals surface area contributed by atoms with Crippen LogP contribution < -0.4 is 20.5 Å². The number of hydrogen-bond donors (Lipinski definition) is 3. The smallest absolute Gasteiger partial charge is 0.224 e. The van der Waals surface area contributed by atoms with Crippen LogP contribution in [-0.2, 0) is 22.6 Å². The number of carbonyl (C=O) groups excluding carboxylic acids is 1. The van der Waals surface area contributed by atoms with Gasteiger partial charge in [-0.25, -0.2) is 4.72 Å². The molecule has 4 N–H and O–H groups in total. The third kappa shape index (κ3) is 5.68. The lowest BCUT2D eigenvalue weighted by Crippen LogP contribution is -2.14. The summed E-state index contributed by atoms with van der Waals surface area (Å²) in [6.45, 7) is 1.94. The molecule has 3 aromatic rings. The van der Waals surface area contributed by atoms with E-state index in [0.29, 0.717) is 34.9 Å². The van der Waals surface area contributed by atoms with E-state index in [-0.39, 0.29) is 5.91 Å². The number of amides is 1. The second-order valence-corrected chi connectivity index (χ2v) is 8.05. The Labute approximate surface area is 179 Å². The Kier molecular flexibility index (Phi) is 7.21. The number of nitrogen functional groups attached to an aromatic ring is 1. The highest BCUT2D eigenvalue weighted by atomic mass is 32.2. The van der Waals surface area contributed by atoms with Crippen molar-refractivity contribution < 1.29 is 14.1 Å². The van der Waals surface area contributed by atoms with Crippen molar-refractivity contribution in [3.63, 3.8) is 0 Å². The number of benzene rings is 3. The van der Waals surface area contributed by atoms with E-state index in [0.717, 1.165) is 16.8 Å². The van der Waals surface area contributed by atoms with E-state index in [9.17, 15) is 9.35 Å². The van der Waals surface area contributed by atoms with Gasteiger partial charge >= 0.3 is 0 Å². The summed E-state index contributed by atoms with van der Waals surface area (Å²) >= 11 is -1.40. The molecule has 1 atom stereocenters. The second kappa shape index (κ2) is 10.0. The molecule has 0 heterocycles. The van der Waals surface area contributed by atoms with Gasteiger partial charge in [-0.2, -0.15) is 0 Å². The van der Waals surface area contributed by atoms with Crippen molar-refractivity contribution in [3.05, 3.63) is 77.9 Å². The molecule has 0 aromatic heterocycles. The predicted molar refractivity (Wildman–Crippen MR) is 122 cm³/mol. The maximum absolute atomic E-state index is 12.6. The molecule has 0 aliphatic carbocycles. The van der Waals surface area contributed by atoms with E-state index < -0.39 is 11.4 Å². The lowest BCUT2D eigenvalue weighted by Gasteiger charge is -2.13. The van der Waals surface area contributed by atoms with E-state index in [4.69, 9.17) is 10.5 Å². The summed E-state index contributed by atoms with van der Waals surface area (Å²) in [7, 11) is 1.59.